The molecule has 0 saturated heterocycles. The minimum atomic E-state index is 0.593. The maximum absolute atomic E-state index is 6.70. The molecule has 0 aliphatic carbocycles. The molecule has 8 aromatic carbocycles. The largest absolute Gasteiger partial charge is 0.456 e. The number of benzene rings is 8. The minimum Gasteiger partial charge on any atom is -0.456 e. The lowest BCUT2D eigenvalue weighted by atomic mass is 10.1. The van der Waals surface area contributed by atoms with E-state index in [0.29, 0.717) is 17.5 Å². The van der Waals surface area contributed by atoms with Crippen molar-refractivity contribution >= 4 is 65.6 Å². The first-order valence-corrected chi connectivity index (χ1v) is 19.1. The Labute approximate surface area is 326 Å². The van der Waals surface area contributed by atoms with Gasteiger partial charge in [-0.1, -0.05) is 121 Å². The third-order valence-electron chi connectivity index (χ3n) is 11.2. The summed E-state index contributed by atoms with van der Waals surface area (Å²) >= 11 is 0. The molecule has 12 rings (SSSR count). The first-order valence-electron chi connectivity index (χ1n) is 19.1. The molecule has 0 unspecified atom stereocenters. The average Bonchev–Trinajstić information content (AvgIpc) is 3.93. The standard InChI is InChI=1S/C51H31N5O/c1-4-14-32(15-5-1)49-52-50(33-16-6-2-7-17-33)54-51(53-49)34-24-26-39-40-27-25-36(29-48(40)57-47(39)28-34)56-44-23-13-11-21-38(44)42-30-45-41(31-46(42)56)37-20-10-12-22-43(37)55(45)35-18-8-3-9-19-35/h1-31H. The monoisotopic (exact) mass is 729 g/mol. The van der Waals surface area contributed by atoms with E-state index in [1.807, 2.05) is 66.7 Å². The lowest BCUT2D eigenvalue weighted by Crippen LogP contribution is -2.00. The molecule has 4 heterocycles. The van der Waals surface area contributed by atoms with Gasteiger partial charge in [0.15, 0.2) is 17.5 Å². The number of hydrogen-bond donors (Lipinski definition) is 0. The molecule has 266 valence electrons. The SMILES string of the molecule is c1ccc(-c2nc(-c3ccccc3)nc(-c3ccc4c(c3)oc3cc(-n5c6ccccc6c6cc7c(cc65)c5ccccc5n7-c5ccccc5)ccc34)n2)cc1. The van der Waals surface area contributed by atoms with Gasteiger partial charge in [-0.05, 0) is 60.7 Å². The van der Waals surface area contributed by atoms with Crippen LogP contribution in [0.5, 0.6) is 0 Å². The summed E-state index contributed by atoms with van der Waals surface area (Å²) in [4.78, 5) is 14.8. The summed E-state index contributed by atoms with van der Waals surface area (Å²) in [6.45, 7) is 0. The van der Waals surface area contributed by atoms with Crippen LogP contribution in [0.3, 0.4) is 0 Å². The van der Waals surface area contributed by atoms with Crippen molar-refractivity contribution in [3.63, 3.8) is 0 Å². The van der Waals surface area contributed by atoms with Gasteiger partial charge >= 0.3 is 0 Å². The van der Waals surface area contributed by atoms with Gasteiger partial charge in [-0.25, -0.2) is 15.0 Å². The van der Waals surface area contributed by atoms with E-state index in [-0.39, 0.29) is 0 Å². The molecule has 0 amide bonds. The zero-order valence-electron chi connectivity index (χ0n) is 30.5. The first-order chi connectivity index (χ1) is 28.2. The van der Waals surface area contributed by atoms with Crippen LogP contribution in [0.25, 0.3) is 111 Å². The van der Waals surface area contributed by atoms with Gasteiger partial charge in [0.1, 0.15) is 11.2 Å². The Bertz CT molecular complexity index is 3450. The van der Waals surface area contributed by atoms with Crippen molar-refractivity contribution in [1.82, 2.24) is 24.1 Å². The van der Waals surface area contributed by atoms with Crippen molar-refractivity contribution in [2.24, 2.45) is 0 Å². The molecule has 0 spiro atoms. The van der Waals surface area contributed by atoms with Gasteiger partial charge in [0, 0.05) is 66.4 Å². The molecule has 6 nitrogen and oxygen atoms in total. The fourth-order valence-electron chi connectivity index (χ4n) is 8.55. The Morgan fingerprint density at radius 3 is 1.33 bits per heavy atom. The van der Waals surface area contributed by atoms with Crippen LogP contribution in [0.15, 0.2) is 192 Å². The normalized spacial score (nSPS) is 11.9. The van der Waals surface area contributed by atoms with Crippen molar-refractivity contribution in [2.45, 2.75) is 0 Å². The molecule has 0 aliphatic rings. The molecular formula is C51H31N5O. The van der Waals surface area contributed by atoms with Gasteiger partial charge < -0.3 is 13.6 Å². The highest BCUT2D eigenvalue weighted by molar-refractivity contribution is 6.19. The molecule has 0 aliphatic heterocycles. The summed E-state index contributed by atoms with van der Waals surface area (Å²) in [6.07, 6.45) is 0. The Morgan fingerprint density at radius 2 is 0.754 bits per heavy atom. The van der Waals surface area contributed by atoms with Crippen molar-refractivity contribution in [2.75, 3.05) is 0 Å². The van der Waals surface area contributed by atoms with Crippen molar-refractivity contribution in [3.8, 4) is 45.5 Å². The van der Waals surface area contributed by atoms with E-state index in [2.05, 4.69) is 130 Å². The molecule has 6 heteroatoms. The van der Waals surface area contributed by atoms with Gasteiger partial charge in [0.05, 0.1) is 22.1 Å². The second-order valence-electron chi connectivity index (χ2n) is 14.5. The molecule has 57 heavy (non-hydrogen) atoms. The molecule has 0 saturated carbocycles. The topological polar surface area (TPSA) is 61.7 Å². The fraction of sp³-hybridized carbons (Fsp3) is 0. The fourth-order valence-corrected chi connectivity index (χ4v) is 8.55. The molecule has 4 aromatic heterocycles. The van der Waals surface area contributed by atoms with E-state index >= 15 is 0 Å². The Hall–Kier alpha value is -7.83. The molecule has 0 radical (unpaired) electrons. The lowest BCUT2D eigenvalue weighted by molar-refractivity contribution is 0.668. The first kappa shape index (κ1) is 31.5. The number of hydrogen-bond acceptors (Lipinski definition) is 4. The Morgan fingerprint density at radius 1 is 0.298 bits per heavy atom. The Kier molecular flexibility index (Phi) is 6.83. The van der Waals surface area contributed by atoms with Crippen LogP contribution in [0.1, 0.15) is 0 Å². The molecular weight excluding hydrogens is 699 g/mol. The predicted octanol–water partition coefficient (Wildman–Crippen LogP) is 13.0. The molecule has 12 aromatic rings. The zero-order chi connectivity index (χ0) is 37.5. The quantitative estimate of drug-likeness (QED) is 0.177. The average molecular weight is 730 g/mol. The number of nitrogens with zero attached hydrogens (tertiary/aromatic N) is 5. The van der Waals surface area contributed by atoms with Gasteiger partial charge in [-0.15, -0.1) is 0 Å². The number of para-hydroxylation sites is 3. The van der Waals surface area contributed by atoms with E-state index in [1.165, 1.54) is 32.6 Å². The molecule has 0 N–H and O–H groups in total. The lowest BCUT2D eigenvalue weighted by Gasteiger charge is -2.09. The van der Waals surface area contributed by atoms with Gasteiger partial charge in [0.25, 0.3) is 0 Å². The highest BCUT2D eigenvalue weighted by Crippen LogP contribution is 2.41. The third kappa shape index (κ3) is 4.94. The van der Waals surface area contributed by atoms with E-state index < -0.39 is 0 Å². The summed E-state index contributed by atoms with van der Waals surface area (Å²) in [7, 11) is 0. The highest BCUT2D eigenvalue weighted by atomic mass is 16.3. The van der Waals surface area contributed by atoms with E-state index in [1.54, 1.807) is 0 Å². The molecule has 0 atom stereocenters. The summed E-state index contributed by atoms with van der Waals surface area (Å²) in [5, 5.41) is 6.94. The van der Waals surface area contributed by atoms with Crippen LogP contribution in [0.4, 0.5) is 0 Å². The number of aromatic nitrogens is 5. The van der Waals surface area contributed by atoms with Crippen molar-refractivity contribution in [3.05, 3.63) is 188 Å². The number of furan rings is 1. The minimum absolute atomic E-state index is 0.593. The predicted molar refractivity (Wildman–Crippen MR) is 232 cm³/mol. The van der Waals surface area contributed by atoms with Gasteiger partial charge in [-0.2, -0.15) is 0 Å². The van der Waals surface area contributed by atoms with Crippen LogP contribution in [0.2, 0.25) is 0 Å². The van der Waals surface area contributed by atoms with E-state index in [0.717, 1.165) is 61.0 Å². The van der Waals surface area contributed by atoms with Gasteiger partial charge in [-0.3, -0.25) is 0 Å². The summed E-state index contributed by atoms with van der Waals surface area (Å²) in [5.41, 5.74) is 11.2. The second-order valence-corrected chi connectivity index (χ2v) is 14.5. The van der Waals surface area contributed by atoms with Crippen molar-refractivity contribution < 1.29 is 4.42 Å². The smallest absolute Gasteiger partial charge is 0.164 e. The Balaban J connectivity index is 1.03. The number of fused-ring (bicyclic) bond motifs is 9. The van der Waals surface area contributed by atoms with Crippen LogP contribution in [-0.4, -0.2) is 24.1 Å². The number of rotatable bonds is 5. The van der Waals surface area contributed by atoms with E-state index in [4.69, 9.17) is 19.4 Å². The van der Waals surface area contributed by atoms with E-state index in [9.17, 15) is 0 Å². The molecule has 0 fully saturated rings. The van der Waals surface area contributed by atoms with Crippen LogP contribution in [0, 0.1) is 0 Å². The third-order valence-corrected chi connectivity index (χ3v) is 11.2. The maximum Gasteiger partial charge on any atom is 0.164 e. The van der Waals surface area contributed by atoms with Crippen molar-refractivity contribution in [1.29, 1.82) is 0 Å². The highest BCUT2D eigenvalue weighted by Gasteiger charge is 2.20. The zero-order valence-corrected chi connectivity index (χ0v) is 30.5. The maximum atomic E-state index is 6.70. The van der Waals surface area contributed by atoms with Gasteiger partial charge in [0.2, 0.25) is 0 Å². The summed E-state index contributed by atoms with van der Waals surface area (Å²) in [6, 6.07) is 65.6. The van der Waals surface area contributed by atoms with Crippen LogP contribution in [-0.2, 0) is 0 Å². The molecule has 0 bridgehead atoms. The summed E-state index contributed by atoms with van der Waals surface area (Å²) in [5.74, 6) is 1.85. The summed E-state index contributed by atoms with van der Waals surface area (Å²) < 4.78 is 11.5. The second kappa shape index (κ2) is 12.3. The van der Waals surface area contributed by atoms with Crippen LogP contribution < -0.4 is 0 Å². The van der Waals surface area contributed by atoms with Crippen LogP contribution >= 0.6 is 0 Å².